The van der Waals surface area contributed by atoms with Crippen LogP contribution in [-0.2, 0) is 11.8 Å². The quantitative estimate of drug-likeness (QED) is 0.476. The molecule has 8 nitrogen and oxygen atoms in total. The largest absolute Gasteiger partial charge is 0.494 e. The first kappa shape index (κ1) is 20.7. The van der Waals surface area contributed by atoms with E-state index in [-0.39, 0.29) is 17.1 Å². The number of hydrogen-bond acceptors (Lipinski definition) is 6. The fourth-order valence-electron chi connectivity index (χ4n) is 5.02. The van der Waals surface area contributed by atoms with Gasteiger partial charge in [0.25, 0.3) is 0 Å². The lowest BCUT2D eigenvalue weighted by Gasteiger charge is -2.16. The van der Waals surface area contributed by atoms with Gasteiger partial charge >= 0.3 is 0 Å². The summed E-state index contributed by atoms with van der Waals surface area (Å²) >= 11 is 0. The number of carbonyl (C=O) groups is 1. The van der Waals surface area contributed by atoms with Crippen LogP contribution >= 0.6 is 0 Å². The van der Waals surface area contributed by atoms with Gasteiger partial charge in [0.15, 0.2) is 0 Å². The van der Waals surface area contributed by atoms with Gasteiger partial charge in [0.05, 0.1) is 29.4 Å². The zero-order valence-corrected chi connectivity index (χ0v) is 18.8. The monoisotopic (exact) mass is 458 g/mol. The molecule has 3 heterocycles. The molecule has 1 saturated heterocycles. The van der Waals surface area contributed by atoms with Crippen LogP contribution < -0.4 is 15.4 Å². The number of halogens is 1. The highest BCUT2D eigenvalue weighted by Crippen LogP contribution is 2.55. The maximum absolute atomic E-state index is 14.6. The van der Waals surface area contributed by atoms with Gasteiger partial charge in [-0.1, -0.05) is 12.1 Å². The first-order valence-electron chi connectivity index (χ1n) is 11.1. The van der Waals surface area contributed by atoms with Gasteiger partial charge in [-0.3, -0.25) is 9.48 Å². The van der Waals surface area contributed by atoms with E-state index in [1.165, 1.54) is 12.4 Å². The molecule has 2 N–H and O–H groups in total. The highest BCUT2D eigenvalue weighted by atomic mass is 19.1. The summed E-state index contributed by atoms with van der Waals surface area (Å²) in [7, 11) is 3.35. The summed E-state index contributed by atoms with van der Waals surface area (Å²) in [5.41, 5.74) is 3.01. The van der Waals surface area contributed by atoms with Crippen LogP contribution in [0, 0.1) is 17.2 Å². The van der Waals surface area contributed by atoms with Crippen LogP contribution in [0.4, 0.5) is 10.1 Å². The molecule has 1 amide bonds. The van der Waals surface area contributed by atoms with Crippen molar-refractivity contribution in [2.75, 3.05) is 25.5 Å². The highest BCUT2D eigenvalue weighted by Gasteiger charge is 2.62. The van der Waals surface area contributed by atoms with Gasteiger partial charge < -0.3 is 15.4 Å². The number of carbonyl (C=O) groups excluding carboxylic acids is 1. The second-order valence-electron chi connectivity index (χ2n) is 8.98. The number of amides is 1. The maximum Gasteiger partial charge on any atom is 0.232 e. The van der Waals surface area contributed by atoms with E-state index in [1.54, 1.807) is 43.1 Å². The third-order valence-electron chi connectivity index (χ3n) is 6.93. The SMILES string of the molecule is COc1cc2ncnc(-c3cn(C)nc3-c3ccccc3F)c2cc1NC(=O)C12CNCC1C2. The van der Waals surface area contributed by atoms with Gasteiger partial charge in [0, 0.05) is 42.4 Å². The van der Waals surface area contributed by atoms with Crippen molar-refractivity contribution in [1.29, 1.82) is 0 Å². The van der Waals surface area contributed by atoms with Crippen LogP contribution in [0.1, 0.15) is 6.42 Å². The number of piperidine rings is 1. The predicted molar refractivity (Wildman–Crippen MR) is 126 cm³/mol. The number of fused-ring (bicyclic) bond motifs is 2. The Morgan fingerprint density at radius 2 is 2.09 bits per heavy atom. The van der Waals surface area contributed by atoms with Crippen molar-refractivity contribution in [3.63, 3.8) is 0 Å². The summed E-state index contributed by atoms with van der Waals surface area (Å²) in [5, 5.41) is 11.6. The molecule has 2 atom stereocenters. The number of aryl methyl sites for hydroxylation is 1. The van der Waals surface area contributed by atoms with E-state index >= 15 is 0 Å². The van der Waals surface area contributed by atoms with Crippen LogP contribution in [0.15, 0.2) is 48.9 Å². The van der Waals surface area contributed by atoms with Crippen LogP contribution in [0.2, 0.25) is 0 Å². The third kappa shape index (κ3) is 3.15. The molecule has 0 bridgehead atoms. The van der Waals surface area contributed by atoms with Crippen LogP contribution in [0.5, 0.6) is 5.75 Å². The number of rotatable bonds is 5. The van der Waals surface area contributed by atoms with Crippen molar-refractivity contribution in [3.8, 4) is 28.3 Å². The molecule has 1 saturated carbocycles. The molecule has 172 valence electrons. The zero-order valence-electron chi connectivity index (χ0n) is 18.8. The number of nitrogens with zero attached hydrogens (tertiary/aromatic N) is 4. The van der Waals surface area contributed by atoms with Crippen molar-refractivity contribution < 1.29 is 13.9 Å². The zero-order chi connectivity index (χ0) is 23.4. The highest BCUT2D eigenvalue weighted by molar-refractivity contribution is 6.04. The number of anilines is 1. The molecule has 1 aliphatic carbocycles. The molecule has 6 rings (SSSR count). The molecule has 34 heavy (non-hydrogen) atoms. The van der Waals surface area contributed by atoms with Crippen molar-refractivity contribution in [3.05, 3.63) is 54.7 Å². The molecule has 2 aromatic carbocycles. The number of ether oxygens (including phenoxy) is 1. The number of nitrogens with one attached hydrogen (secondary N) is 2. The molecule has 9 heteroatoms. The minimum atomic E-state index is -0.362. The van der Waals surface area contributed by atoms with Gasteiger partial charge in [-0.2, -0.15) is 5.10 Å². The smallest absolute Gasteiger partial charge is 0.232 e. The minimum Gasteiger partial charge on any atom is -0.494 e. The first-order valence-corrected chi connectivity index (χ1v) is 11.1. The van der Waals surface area contributed by atoms with E-state index in [0.717, 1.165) is 13.0 Å². The van der Waals surface area contributed by atoms with E-state index < -0.39 is 0 Å². The number of methoxy groups -OCH3 is 1. The lowest BCUT2D eigenvalue weighted by atomic mass is 10.0. The van der Waals surface area contributed by atoms with Crippen LogP contribution in [0.25, 0.3) is 33.4 Å². The molecule has 4 aromatic rings. The number of aromatic nitrogens is 4. The third-order valence-corrected chi connectivity index (χ3v) is 6.93. The molecular weight excluding hydrogens is 435 g/mol. The molecule has 1 aliphatic heterocycles. The Morgan fingerprint density at radius 1 is 1.24 bits per heavy atom. The standard InChI is InChI=1S/C25H23FN6O2/c1-32-11-17(23(31-32)15-5-3-4-6-18(15)26)22-16-7-20(21(34-2)8-19(16)28-13-29-22)30-24(33)25-9-14(25)10-27-12-25/h3-8,11,13-14,27H,9-10,12H2,1-2H3,(H,30,33). The lowest BCUT2D eigenvalue weighted by Crippen LogP contribution is -2.29. The van der Waals surface area contributed by atoms with Crippen LogP contribution in [0.3, 0.4) is 0 Å². The summed E-state index contributed by atoms with van der Waals surface area (Å²) in [6, 6.07) is 10.1. The minimum absolute atomic E-state index is 0.00743. The molecule has 0 spiro atoms. The molecule has 2 fully saturated rings. The van der Waals surface area contributed by atoms with Gasteiger partial charge in [-0.05, 0) is 37.1 Å². The van der Waals surface area contributed by atoms with E-state index in [2.05, 4.69) is 25.7 Å². The van der Waals surface area contributed by atoms with E-state index in [0.29, 0.717) is 57.3 Å². The summed E-state index contributed by atoms with van der Waals surface area (Å²) in [4.78, 5) is 22.1. The Balaban J connectivity index is 1.48. The topological polar surface area (TPSA) is 94.0 Å². The van der Waals surface area contributed by atoms with Gasteiger partial charge in [0.1, 0.15) is 23.6 Å². The Hall–Kier alpha value is -3.85. The second-order valence-corrected chi connectivity index (χ2v) is 8.98. The summed E-state index contributed by atoms with van der Waals surface area (Å²) in [5.74, 6) is 0.535. The summed E-state index contributed by atoms with van der Waals surface area (Å²) in [6.07, 6.45) is 4.17. The average molecular weight is 458 g/mol. The second kappa shape index (κ2) is 7.59. The summed E-state index contributed by atoms with van der Waals surface area (Å²) < 4.78 is 21.8. The number of benzene rings is 2. The van der Waals surface area contributed by atoms with Crippen molar-refractivity contribution in [2.45, 2.75) is 6.42 Å². The Kier molecular flexibility index (Phi) is 4.63. The molecule has 0 radical (unpaired) electrons. The summed E-state index contributed by atoms with van der Waals surface area (Å²) in [6.45, 7) is 1.57. The van der Waals surface area contributed by atoms with Gasteiger partial charge in [0.2, 0.25) is 5.91 Å². The first-order chi connectivity index (χ1) is 16.5. The molecule has 2 aromatic heterocycles. The van der Waals surface area contributed by atoms with E-state index in [4.69, 9.17) is 4.74 Å². The molecule has 2 unspecified atom stereocenters. The van der Waals surface area contributed by atoms with E-state index in [1.807, 2.05) is 12.3 Å². The van der Waals surface area contributed by atoms with E-state index in [9.17, 15) is 9.18 Å². The van der Waals surface area contributed by atoms with Crippen molar-refractivity contribution >= 4 is 22.5 Å². The Labute approximate surface area is 195 Å². The Bertz CT molecular complexity index is 1450. The van der Waals surface area contributed by atoms with Crippen molar-refractivity contribution in [2.24, 2.45) is 18.4 Å². The van der Waals surface area contributed by atoms with Gasteiger partial charge in [-0.25, -0.2) is 14.4 Å². The van der Waals surface area contributed by atoms with Crippen LogP contribution in [-0.4, -0.2) is 45.9 Å². The van der Waals surface area contributed by atoms with Gasteiger partial charge in [-0.15, -0.1) is 0 Å². The molecular formula is C25H23FN6O2. The fourth-order valence-corrected chi connectivity index (χ4v) is 5.02. The maximum atomic E-state index is 14.6. The van der Waals surface area contributed by atoms with Crippen molar-refractivity contribution in [1.82, 2.24) is 25.1 Å². The Morgan fingerprint density at radius 3 is 2.82 bits per heavy atom. The number of hydrogen-bond donors (Lipinski definition) is 2. The average Bonchev–Trinajstić information content (AvgIpc) is 3.18. The molecule has 2 aliphatic rings. The normalized spacial score (nSPS) is 20.9. The lowest BCUT2D eigenvalue weighted by molar-refractivity contribution is -0.120. The predicted octanol–water partition coefficient (Wildman–Crippen LogP) is 3.39. The fraction of sp³-hybridized carbons (Fsp3) is 0.280.